The second-order valence-electron chi connectivity index (χ2n) is 11.3. The molecule has 212 valence electrons. The minimum absolute atomic E-state index is 0.0402. The van der Waals surface area contributed by atoms with Gasteiger partial charge in [-0.25, -0.2) is 13.8 Å². The van der Waals surface area contributed by atoms with Crippen molar-refractivity contribution in [3.8, 4) is 5.75 Å². The maximum Gasteiger partial charge on any atom is 0.263 e. The van der Waals surface area contributed by atoms with E-state index in [2.05, 4.69) is 20.5 Å². The Bertz CT molecular complexity index is 1190. The summed E-state index contributed by atoms with van der Waals surface area (Å²) in [5.74, 6) is 0.251. The van der Waals surface area contributed by atoms with Gasteiger partial charge in [0.1, 0.15) is 11.6 Å². The molecule has 2 aliphatic heterocycles. The van der Waals surface area contributed by atoms with Crippen LogP contribution in [-0.2, 0) is 10.4 Å². The van der Waals surface area contributed by atoms with Gasteiger partial charge in [0, 0.05) is 24.3 Å². The molecule has 0 aliphatic carbocycles. The lowest BCUT2D eigenvalue weighted by molar-refractivity contribution is -0.135. The molecular weight excluding hydrogens is 530 g/mol. The number of amides is 2. The SMILES string of the molecule is CC(C)(Oc1ccc(C(C)(C)O)cc1Cl)C(=O)NC1CC2CCC(C1)N2c1ccc(C(=O)NCC(F)F)cn1. The quantitative estimate of drug-likeness (QED) is 0.416. The van der Waals surface area contributed by atoms with Crippen LogP contribution in [0.25, 0.3) is 0 Å². The summed E-state index contributed by atoms with van der Waals surface area (Å²) in [5.41, 5.74) is -1.36. The predicted molar refractivity (Wildman–Crippen MR) is 144 cm³/mol. The molecule has 4 rings (SSSR count). The van der Waals surface area contributed by atoms with Crippen molar-refractivity contribution in [2.45, 2.75) is 89.1 Å². The van der Waals surface area contributed by atoms with E-state index in [1.54, 1.807) is 58.0 Å². The molecular formula is C28H35ClF2N4O4. The molecule has 3 N–H and O–H groups in total. The molecule has 2 bridgehead atoms. The smallest absolute Gasteiger partial charge is 0.263 e. The number of anilines is 1. The van der Waals surface area contributed by atoms with Crippen LogP contribution in [0.2, 0.25) is 5.02 Å². The summed E-state index contributed by atoms with van der Waals surface area (Å²) in [6, 6.07) is 8.65. The van der Waals surface area contributed by atoms with Gasteiger partial charge in [-0.2, -0.15) is 0 Å². The van der Waals surface area contributed by atoms with Gasteiger partial charge in [0.2, 0.25) is 0 Å². The summed E-state index contributed by atoms with van der Waals surface area (Å²) in [4.78, 5) is 31.9. The van der Waals surface area contributed by atoms with Crippen LogP contribution >= 0.6 is 11.6 Å². The van der Waals surface area contributed by atoms with E-state index < -0.39 is 30.1 Å². The number of pyridine rings is 1. The van der Waals surface area contributed by atoms with E-state index in [0.29, 0.717) is 16.3 Å². The number of nitrogens with zero attached hydrogens (tertiary/aromatic N) is 2. The lowest BCUT2D eigenvalue weighted by Gasteiger charge is -2.40. The van der Waals surface area contributed by atoms with Gasteiger partial charge in [-0.3, -0.25) is 9.59 Å². The van der Waals surface area contributed by atoms with Crippen molar-refractivity contribution in [1.29, 1.82) is 0 Å². The highest BCUT2D eigenvalue weighted by molar-refractivity contribution is 6.32. The normalized spacial score (nSPS) is 21.2. The molecule has 2 amide bonds. The van der Waals surface area contributed by atoms with Gasteiger partial charge in [-0.05, 0) is 83.2 Å². The number of halogens is 3. The molecule has 3 heterocycles. The molecule has 8 nitrogen and oxygen atoms in total. The minimum Gasteiger partial charge on any atom is -0.476 e. The summed E-state index contributed by atoms with van der Waals surface area (Å²) >= 11 is 6.38. The minimum atomic E-state index is -2.61. The van der Waals surface area contributed by atoms with Crippen LogP contribution in [0.5, 0.6) is 5.75 Å². The fraction of sp³-hybridized carbons (Fsp3) is 0.536. The Kier molecular flexibility index (Phi) is 8.37. The number of aromatic nitrogens is 1. The van der Waals surface area contributed by atoms with E-state index >= 15 is 0 Å². The molecule has 0 radical (unpaired) electrons. The highest BCUT2D eigenvalue weighted by Crippen LogP contribution is 2.39. The molecule has 2 aromatic rings. The summed E-state index contributed by atoms with van der Waals surface area (Å²) in [5, 5.41) is 15.8. The molecule has 2 saturated heterocycles. The van der Waals surface area contributed by atoms with Crippen molar-refractivity contribution >= 4 is 29.2 Å². The van der Waals surface area contributed by atoms with E-state index in [-0.39, 0.29) is 29.6 Å². The fourth-order valence-electron chi connectivity index (χ4n) is 5.26. The standard InChI is InChI=1S/C28H35ClF2N4O4/c1-27(2,38)17-6-9-22(21(29)11-17)39-28(3,4)26(37)34-18-12-19-7-8-20(13-18)35(19)24-10-5-16(14-32-24)25(36)33-15-23(30)31/h5-6,9-11,14,18-20,23,38H,7-8,12-13,15H2,1-4H3,(H,33,36)(H,34,37). The maximum absolute atomic E-state index is 13.2. The number of benzene rings is 1. The van der Waals surface area contributed by atoms with E-state index in [4.69, 9.17) is 16.3 Å². The number of aliphatic hydroxyl groups is 1. The number of hydrogen-bond donors (Lipinski definition) is 3. The number of carbonyl (C=O) groups is 2. The predicted octanol–water partition coefficient (Wildman–Crippen LogP) is 4.43. The molecule has 1 aromatic carbocycles. The number of hydrogen-bond acceptors (Lipinski definition) is 6. The van der Waals surface area contributed by atoms with Crippen molar-refractivity contribution in [2.75, 3.05) is 11.4 Å². The molecule has 2 atom stereocenters. The van der Waals surface area contributed by atoms with Crippen LogP contribution in [0.15, 0.2) is 36.5 Å². The molecule has 0 saturated carbocycles. The van der Waals surface area contributed by atoms with E-state index in [1.165, 1.54) is 6.20 Å². The fourth-order valence-corrected chi connectivity index (χ4v) is 5.48. The Hall–Kier alpha value is -2.98. The van der Waals surface area contributed by atoms with Crippen LogP contribution < -0.4 is 20.3 Å². The Morgan fingerprint density at radius 3 is 2.36 bits per heavy atom. The number of rotatable bonds is 9. The van der Waals surface area contributed by atoms with Gasteiger partial charge in [-0.15, -0.1) is 0 Å². The lowest BCUT2D eigenvalue weighted by atomic mass is 9.96. The van der Waals surface area contributed by atoms with Gasteiger partial charge < -0.3 is 25.4 Å². The Labute approximate surface area is 232 Å². The van der Waals surface area contributed by atoms with Gasteiger partial charge in [0.25, 0.3) is 18.2 Å². The summed E-state index contributed by atoms with van der Waals surface area (Å²) in [6.07, 6.45) is 2.17. The molecule has 2 fully saturated rings. The monoisotopic (exact) mass is 564 g/mol. The van der Waals surface area contributed by atoms with Crippen LogP contribution in [0.1, 0.15) is 69.3 Å². The molecule has 0 spiro atoms. The van der Waals surface area contributed by atoms with Crippen molar-refractivity contribution in [3.63, 3.8) is 0 Å². The first-order valence-corrected chi connectivity index (χ1v) is 13.5. The van der Waals surface area contributed by atoms with Crippen LogP contribution in [0, 0.1) is 0 Å². The number of alkyl halides is 2. The maximum atomic E-state index is 13.2. The molecule has 2 aliphatic rings. The molecule has 2 unspecified atom stereocenters. The zero-order chi connectivity index (χ0) is 28.5. The Balaban J connectivity index is 1.36. The third-order valence-corrected chi connectivity index (χ3v) is 7.61. The lowest BCUT2D eigenvalue weighted by Crippen LogP contribution is -2.55. The second kappa shape index (κ2) is 11.3. The van der Waals surface area contributed by atoms with Gasteiger partial charge in [0.15, 0.2) is 5.60 Å². The van der Waals surface area contributed by atoms with Gasteiger partial charge in [-0.1, -0.05) is 17.7 Å². The van der Waals surface area contributed by atoms with Gasteiger partial charge >= 0.3 is 0 Å². The molecule has 11 heteroatoms. The van der Waals surface area contributed by atoms with Crippen LogP contribution in [0.3, 0.4) is 0 Å². The summed E-state index contributed by atoms with van der Waals surface area (Å²) in [7, 11) is 0. The average Bonchev–Trinajstić information content (AvgIpc) is 3.13. The number of ether oxygens (including phenoxy) is 1. The summed E-state index contributed by atoms with van der Waals surface area (Å²) in [6.45, 7) is 6.01. The van der Waals surface area contributed by atoms with Gasteiger partial charge in [0.05, 0.1) is 22.7 Å². The van der Waals surface area contributed by atoms with Crippen molar-refractivity contribution < 1.29 is 28.2 Å². The number of piperidine rings is 1. The number of nitrogens with one attached hydrogen (secondary N) is 2. The number of carbonyl (C=O) groups excluding carboxylic acids is 2. The van der Waals surface area contributed by atoms with Crippen LogP contribution in [-0.4, -0.2) is 58.6 Å². The van der Waals surface area contributed by atoms with Crippen molar-refractivity contribution in [1.82, 2.24) is 15.6 Å². The second-order valence-corrected chi connectivity index (χ2v) is 11.7. The van der Waals surface area contributed by atoms with Crippen molar-refractivity contribution in [3.05, 3.63) is 52.7 Å². The first-order valence-electron chi connectivity index (χ1n) is 13.1. The largest absolute Gasteiger partial charge is 0.476 e. The van der Waals surface area contributed by atoms with E-state index in [1.807, 2.05) is 0 Å². The number of fused-ring (bicyclic) bond motifs is 2. The first-order chi connectivity index (χ1) is 18.2. The zero-order valence-electron chi connectivity index (χ0n) is 22.5. The Morgan fingerprint density at radius 1 is 1.15 bits per heavy atom. The average molecular weight is 565 g/mol. The van der Waals surface area contributed by atoms with E-state index in [0.717, 1.165) is 31.5 Å². The molecule has 1 aromatic heterocycles. The topological polar surface area (TPSA) is 104 Å². The first kappa shape index (κ1) is 29.0. The van der Waals surface area contributed by atoms with E-state index in [9.17, 15) is 23.5 Å². The molecule has 39 heavy (non-hydrogen) atoms. The zero-order valence-corrected chi connectivity index (χ0v) is 23.3. The highest BCUT2D eigenvalue weighted by Gasteiger charge is 2.43. The van der Waals surface area contributed by atoms with Crippen LogP contribution in [0.4, 0.5) is 14.6 Å². The third kappa shape index (κ3) is 6.78. The highest BCUT2D eigenvalue weighted by atomic mass is 35.5. The summed E-state index contributed by atoms with van der Waals surface area (Å²) < 4.78 is 30.7. The van der Waals surface area contributed by atoms with Crippen molar-refractivity contribution in [2.24, 2.45) is 0 Å². The third-order valence-electron chi connectivity index (χ3n) is 7.31. The Morgan fingerprint density at radius 2 is 1.82 bits per heavy atom.